The summed E-state index contributed by atoms with van der Waals surface area (Å²) in [6.45, 7) is 5.43. The molecule has 0 aliphatic carbocycles. The van der Waals surface area contributed by atoms with Crippen molar-refractivity contribution < 1.29 is 4.74 Å². The minimum Gasteiger partial charge on any atom is -0.475 e. The van der Waals surface area contributed by atoms with Gasteiger partial charge in [-0.1, -0.05) is 0 Å². The summed E-state index contributed by atoms with van der Waals surface area (Å²) in [4.78, 5) is 4.03. The second-order valence-corrected chi connectivity index (χ2v) is 2.09. The van der Waals surface area contributed by atoms with E-state index < -0.39 is 0 Å². The standard InChI is InChI=1S/C7H12N2O/c1-3-8-7-6(2)9-4-5-10-7/h3,9H,4-5H2,1-2H3/b8-3-. The van der Waals surface area contributed by atoms with Crippen molar-refractivity contribution in [2.75, 3.05) is 13.2 Å². The van der Waals surface area contributed by atoms with Gasteiger partial charge in [-0.3, -0.25) is 0 Å². The van der Waals surface area contributed by atoms with Gasteiger partial charge in [-0.25, -0.2) is 4.99 Å². The number of nitrogens with zero attached hydrogens (tertiary/aromatic N) is 1. The van der Waals surface area contributed by atoms with Gasteiger partial charge in [0.25, 0.3) is 0 Å². The van der Waals surface area contributed by atoms with Crippen molar-refractivity contribution in [3.8, 4) is 0 Å². The van der Waals surface area contributed by atoms with Crippen LogP contribution in [0.5, 0.6) is 0 Å². The van der Waals surface area contributed by atoms with Crippen molar-refractivity contribution in [1.29, 1.82) is 0 Å². The van der Waals surface area contributed by atoms with Crippen molar-refractivity contribution in [2.24, 2.45) is 4.99 Å². The van der Waals surface area contributed by atoms with E-state index in [-0.39, 0.29) is 0 Å². The third-order valence-corrected chi connectivity index (χ3v) is 1.30. The molecule has 0 aromatic heterocycles. The Balaban J connectivity index is 2.68. The highest BCUT2D eigenvalue weighted by atomic mass is 16.5. The first-order valence-corrected chi connectivity index (χ1v) is 3.41. The largest absolute Gasteiger partial charge is 0.475 e. The van der Waals surface area contributed by atoms with Gasteiger partial charge in [0.15, 0.2) is 0 Å². The van der Waals surface area contributed by atoms with E-state index >= 15 is 0 Å². The SMILES string of the molecule is C/C=N\C1=C(C)NCCO1. The van der Waals surface area contributed by atoms with Crippen LogP contribution in [-0.2, 0) is 4.74 Å². The first kappa shape index (κ1) is 7.12. The van der Waals surface area contributed by atoms with Crippen LogP contribution < -0.4 is 5.32 Å². The molecule has 3 nitrogen and oxygen atoms in total. The van der Waals surface area contributed by atoms with Crippen LogP contribution in [0.3, 0.4) is 0 Å². The molecule has 0 radical (unpaired) electrons. The molecule has 0 saturated carbocycles. The maximum absolute atomic E-state index is 5.25. The summed E-state index contributed by atoms with van der Waals surface area (Å²) in [5.74, 6) is 0.716. The zero-order valence-corrected chi connectivity index (χ0v) is 6.35. The summed E-state index contributed by atoms with van der Waals surface area (Å²) in [6.07, 6.45) is 1.73. The molecule has 1 rings (SSSR count). The average Bonchev–Trinajstić information content (AvgIpc) is 1.94. The molecule has 10 heavy (non-hydrogen) atoms. The number of ether oxygens (including phenoxy) is 1. The van der Waals surface area contributed by atoms with E-state index in [9.17, 15) is 0 Å². The summed E-state index contributed by atoms with van der Waals surface area (Å²) in [5.41, 5.74) is 1.02. The number of allylic oxidation sites excluding steroid dienone is 1. The Labute approximate surface area is 60.8 Å². The number of rotatable bonds is 1. The van der Waals surface area contributed by atoms with Crippen LogP contribution in [0.25, 0.3) is 0 Å². The molecule has 0 aromatic carbocycles. The molecular formula is C7H12N2O. The molecule has 1 aliphatic heterocycles. The fourth-order valence-electron chi connectivity index (χ4n) is 0.821. The van der Waals surface area contributed by atoms with Crippen LogP contribution in [0.4, 0.5) is 0 Å². The number of nitrogens with one attached hydrogen (secondary N) is 1. The molecule has 0 saturated heterocycles. The van der Waals surface area contributed by atoms with Gasteiger partial charge in [0.1, 0.15) is 6.61 Å². The molecule has 0 amide bonds. The van der Waals surface area contributed by atoms with Crippen LogP contribution in [0.2, 0.25) is 0 Å². The molecule has 1 N–H and O–H groups in total. The third kappa shape index (κ3) is 1.50. The molecule has 56 valence electrons. The summed E-state index contributed by atoms with van der Waals surface area (Å²) < 4.78 is 5.25. The van der Waals surface area contributed by atoms with Crippen LogP contribution in [-0.4, -0.2) is 19.4 Å². The summed E-state index contributed by atoms with van der Waals surface area (Å²) in [6, 6.07) is 0. The fraction of sp³-hybridized carbons (Fsp3) is 0.571. The van der Waals surface area contributed by atoms with Gasteiger partial charge >= 0.3 is 0 Å². The highest BCUT2D eigenvalue weighted by Crippen LogP contribution is 2.07. The Morgan fingerprint density at radius 3 is 3.10 bits per heavy atom. The molecule has 1 aliphatic rings. The molecule has 0 unspecified atom stereocenters. The van der Waals surface area contributed by atoms with E-state index in [4.69, 9.17) is 4.74 Å². The van der Waals surface area contributed by atoms with Gasteiger partial charge in [0.05, 0.1) is 5.70 Å². The molecular weight excluding hydrogens is 128 g/mol. The van der Waals surface area contributed by atoms with Gasteiger partial charge in [-0.15, -0.1) is 0 Å². The highest BCUT2D eigenvalue weighted by Gasteiger charge is 2.06. The quantitative estimate of drug-likeness (QED) is 0.549. The maximum atomic E-state index is 5.25. The van der Waals surface area contributed by atoms with Crippen molar-refractivity contribution in [3.63, 3.8) is 0 Å². The number of hydrogen-bond acceptors (Lipinski definition) is 3. The van der Waals surface area contributed by atoms with Crippen LogP contribution in [0, 0.1) is 0 Å². The maximum Gasteiger partial charge on any atom is 0.232 e. The van der Waals surface area contributed by atoms with Crippen molar-refractivity contribution >= 4 is 6.21 Å². The smallest absolute Gasteiger partial charge is 0.232 e. The minimum atomic E-state index is 0.712. The second-order valence-electron chi connectivity index (χ2n) is 2.09. The van der Waals surface area contributed by atoms with Crippen molar-refractivity contribution in [3.05, 3.63) is 11.6 Å². The first-order valence-electron chi connectivity index (χ1n) is 3.41. The average molecular weight is 140 g/mol. The predicted octanol–water partition coefficient (Wildman–Crippen LogP) is 0.886. The van der Waals surface area contributed by atoms with Crippen LogP contribution >= 0.6 is 0 Å². The Kier molecular flexibility index (Phi) is 2.31. The number of aliphatic imine (C=N–C) groups is 1. The number of hydrogen-bond donors (Lipinski definition) is 1. The van der Waals surface area contributed by atoms with Crippen LogP contribution in [0.1, 0.15) is 13.8 Å². The normalized spacial score (nSPS) is 19.0. The van der Waals surface area contributed by atoms with Crippen molar-refractivity contribution in [1.82, 2.24) is 5.32 Å². The topological polar surface area (TPSA) is 33.6 Å². The monoisotopic (exact) mass is 140 g/mol. The lowest BCUT2D eigenvalue weighted by Gasteiger charge is -2.16. The molecule has 0 aromatic rings. The zero-order chi connectivity index (χ0) is 7.40. The zero-order valence-electron chi connectivity index (χ0n) is 6.35. The van der Waals surface area contributed by atoms with Gasteiger partial charge < -0.3 is 10.1 Å². The molecule has 0 bridgehead atoms. The Morgan fingerprint density at radius 2 is 2.50 bits per heavy atom. The van der Waals surface area contributed by atoms with E-state index in [0.29, 0.717) is 12.5 Å². The van der Waals surface area contributed by atoms with E-state index in [1.807, 2.05) is 13.8 Å². The Bertz CT molecular complexity index is 172. The lowest BCUT2D eigenvalue weighted by Crippen LogP contribution is -2.24. The van der Waals surface area contributed by atoms with Crippen molar-refractivity contribution in [2.45, 2.75) is 13.8 Å². The summed E-state index contributed by atoms with van der Waals surface area (Å²) in [7, 11) is 0. The van der Waals surface area contributed by atoms with Gasteiger partial charge in [-0.2, -0.15) is 0 Å². The van der Waals surface area contributed by atoms with Gasteiger partial charge in [-0.05, 0) is 13.8 Å². The lowest BCUT2D eigenvalue weighted by molar-refractivity contribution is 0.189. The van der Waals surface area contributed by atoms with Gasteiger partial charge in [0, 0.05) is 12.8 Å². The first-order chi connectivity index (χ1) is 4.84. The van der Waals surface area contributed by atoms with Crippen LogP contribution in [0.15, 0.2) is 16.6 Å². The van der Waals surface area contributed by atoms with E-state index in [0.717, 1.165) is 12.2 Å². The molecule has 1 heterocycles. The van der Waals surface area contributed by atoms with E-state index in [1.165, 1.54) is 0 Å². The highest BCUT2D eigenvalue weighted by molar-refractivity contribution is 5.55. The molecule has 3 heteroatoms. The predicted molar refractivity (Wildman–Crippen MR) is 40.8 cm³/mol. The second kappa shape index (κ2) is 3.25. The Morgan fingerprint density at radius 1 is 1.70 bits per heavy atom. The third-order valence-electron chi connectivity index (χ3n) is 1.30. The molecule has 0 fully saturated rings. The fourth-order valence-corrected chi connectivity index (χ4v) is 0.821. The molecule has 0 spiro atoms. The van der Waals surface area contributed by atoms with E-state index in [2.05, 4.69) is 10.3 Å². The lowest BCUT2D eigenvalue weighted by atomic mass is 10.4. The summed E-state index contributed by atoms with van der Waals surface area (Å²) >= 11 is 0. The minimum absolute atomic E-state index is 0.712. The van der Waals surface area contributed by atoms with E-state index in [1.54, 1.807) is 6.21 Å². The Hall–Kier alpha value is -0.990. The van der Waals surface area contributed by atoms with Gasteiger partial charge in [0.2, 0.25) is 5.88 Å². The summed E-state index contributed by atoms with van der Waals surface area (Å²) in [5, 5.41) is 3.16. The molecule has 0 atom stereocenters.